The fourth-order valence-corrected chi connectivity index (χ4v) is 1.25. The maximum Gasteiger partial charge on any atom is 0.251 e. The number of rotatable bonds is 4. The number of aliphatic hydroxyl groups is 1. The number of carbonyl (C=O) groups excluding carboxylic acids is 1. The average molecular weight is 222 g/mol. The standard InChI is InChI=1S/C12H18N2O2/c1-9(15)8-13-12(16)10-4-6-11(7-5-10)14(2)3/h4-7,9,15H,8H2,1-3H3,(H,13,16). The van der Waals surface area contributed by atoms with Gasteiger partial charge in [-0.25, -0.2) is 0 Å². The first-order valence-corrected chi connectivity index (χ1v) is 5.24. The Bertz CT molecular complexity index is 345. The molecule has 0 spiro atoms. The molecule has 2 N–H and O–H groups in total. The Hall–Kier alpha value is -1.55. The highest BCUT2D eigenvalue weighted by Crippen LogP contribution is 2.11. The topological polar surface area (TPSA) is 52.6 Å². The molecule has 1 aromatic carbocycles. The van der Waals surface area contributed by atoms with Crippen LogP contribution in [-0.2, 0) is 0 Å². The van der Waals surface area contributed by atoms with Crippen molar-refractivity contribution in [3.05, 3.63) is 29.8 Å². The van der Waals surface area contributed by atoms with Crippen LogP contribution in [0.4, 0.5) is 5.69 Å². The highest BCUT2D eigenvalue weighted by atomic mass is 16.3. The lowest BCUT2D eigenvalue weighted by Gasteiger charge is -2.12. The van der Waals surface area contributed by atoms with Gasteiger partial charge in [0.25, 0.3) is 5.91 Å². The molecular formula is C12H18N2O2. The zero-order valence-electron chi connectivity index (χ0n) is 9.90. The number of nitrogens with one attached hydrogen (secondary N) is 1. The predicted octanol–water partition coefficient (Wildman–Crippen LogP) is 0.863. The molecule has 0 radical (unpaired) electrons. The Morgan fingerprint density at radius 2 is 1.94 bits per heavy atom. The second kappa shape index (κ2) is 5.51. The summed E-state index contributed by atoms with van der Waals surface area (Å²) in [6.45, 7) is 1.91. The van der Waals surface area contributed by atoms with E-state index in [1.54, 1.807) is 19.1 Å². The minimum atomic E-state index is -0.523. The van der Waals surface area contributed by atoms with E-state index in [9.17, 15) is 4.79 Å². The summed E-state index contributed by atoms with van der Waals surface area (Å²) in [6, 6.07) is 7.31. The molecule has 0 aliphatic rings. The first-order valence-electron chi connectivity index (χ1n) is 5.24. The molecule has 0 fully saturated rings. The van der Waals surface area contributed by atoms with E-state index in [1.165, 1.54) is 0 Å². The largest absolute Gasteiger partial charge is 0.392 e. The summed E-state index contributed by atoms with van der Waals surface area (Å²) in [4.78, 5) is 13.6. The maximum atomic E-state index is 11.6. The van der Waals surface area contributed by atoms with Gasteiger partial charge in [0.2, 0.25) is 0 Å². The van der Waals surface area contributed by atoms with Crippen LogP contribution in [0.2, 0.25) is 0 Å². The second-order valence-electron chi connectivity index (χ2n) is 4.00. The monoisotopic (exact) mass is 222 g/mol. The van der Waals surface area contributed by atoms with Crippen LogP contribution in [0.5, 0.6) is 0 Å². The highest BCUT2D eigenvalue weighted by Gasteiger charge is 2.06. The van der Waals surface area contributed by atoms with Crippen LogP contribution in [0.25, 0.3) is 0 Å². The summed E-state index contributed by atoms with van der Waals surface area (Å²) in [5, 5.41) is 11.7. The Labute approximate surface area is 95.9 Å². The Kier molecular flexibility index (Phi) is 4.31. The number of carbonyl (C=O) groups is 1. The molecule has 0 saturated heterocycles. The number of amides is 1. The molecule has 1 unspecified atom stereocenters. The third kappa shape index (κ3) is 3.55. The average Bonchev–Trinajstić information content (AvgIpc) is 2.26. The van der Waals surface area contributed by atoms with Gasteiger partial charge in [-0.3, -0.25) is 4.79 Å². The van der Waals surface area contributed by atoms with Crippen molar-refractivity contribution in [2.45, 2.75) is 13.0 Å². The van der Waals surface area contributed by atoms with Crippen LogP contribution in [0.3, 0.4) is 0 Å². The van der Waals surface area contributed by atoms with Crippen LogP contribution in [0.1, 0.15) is 17.3 Å². The zero-order chi connectivity index (χ0) is 12.1. The fraction of sp³-hybridized carbons (Fsp3) is 0.417. The molecule has 88 valence electrons. The number of aliphatic hydroxyl groups excluding tert-OH is 1. The van der Waals surface area contributed by atoms with Crippen molar-refractivity contribution >= 4 is 11.6 Å². The van der Waals surface area contributed by atoms with E-state index in [1.807, 2.05) is 31.1 Å². The van der Waals surface area contributed by atoms with Gasteiger partial charge in [-0.2, -0.15) is 0 Å². The fourth-order valence-electron chi connectivity index (χ4n) is 1.25. The minimum Gasteiger partial charge on any atom is -0.392 e. The predicted molar refractivity (Wildman–Crippen MR) is 64.8 cm³/mol. The van der Waals surface area contributed by atoms with Crippen molar-refractivity contribution in [2.75, 3.05) is 25.5 Å². The number of nitrogens with zero attached hydrogens (tertiary/aromatic N) is 1. The minimum absolute atomic E-state index is 0.161. The van der Waals surface area contributed by atoms with Crippen LogP contribution >= 0.6 is 0 Å². The number of hydrogen-bond acceptors (Lipinski definition) is 3. The summed E-state index contributed by atoms with van der Waals surface area (Å²) < 4.78 is 0. The van der Waals surface area contributed by atoms with Crippen LogP contribution < -0.4 is 10.2 Å². The SMILES string of the molecule is CC(O)CNC(=O)c1ccc(N(C)C)cc1. The molecule has 4 nitrogen and oxygen atoms in total. The van der Waals surface area contributed by atoms with Gasteiger partial charge in [0, 0.05) is 31.9 Å². The summed E-state index contributed by atoms with van der Waals surface area (Å²) in [5.41, 5.74) is 1.65. The molecule has 0 heterocycles. The summed E-state index contributed by atoms with van der Waals surface area (Å²) >= 11 is 0. The highest BCUT2D eigenvalue weighted by molar-refractivity contribution is 5.94. The van der Waals surface area contributed by atoms with Gasteiger partial charge in [0.1, 0.15) is 0 Å². The molecule has 1 rings (SSSR count). The lowest BCUT2D eigenvalue weighted by Crippen LogP contribution is -2.30. The number of anilines is 1. The lowest BCUT2D eigenvalue weighted by molar-refractivity contribution is 0.0924. The van der Waals surface area contributed by atoms with Gasteiger partial charge < -0.3 is 15.3 Å². The Balaban J connectivity index is 2.63. The molecule has 0 aliphatic carbocycles. The maximum absolute atomic E-state index is 11.6. The number of hydrogen-bond donors (Lipinski definition) is 2. The van der Waals surface area contributed by atoms with Gasteiger partial charge in [-0.05, 0) is 31.2 Å². The van der Waals surface area contributed by atoms with Crippen molar-refractivity contribution in [1.82, 2.24) is 5.32 Å². The summed E-state index contributed by atoms with van der Waals surface area (Å²) in [5.74, 6) is -0.161. The molecule has 0 aromatic heterocycles. The van der Waals surface area contributed by atoms with E-state index in [4.69, 9.17) is 5.11 Å². The van der Waals surface area contributed by atoms with E-state index in [0.717, 1.165) is 5.69 Å². The molecule has 0 aliphatic heterocycles. The van der Waals surface area contributed by atoms with Gasteiger partial charge >= 0.3 is 0 Å². The van der Waals surface area contributed by atoms with Crippen molar-refractivity contribution in [1.29, 1.82) is 0 Å². The van der Waals surface area contributed by atoms with E-state index in [0.29, 0.717) is 5.56 Å². The molecule has 4 heteroatoms. The molecule has 16 heavy (non-hydrogen) atoms. The van der Waals surface area contributed by atoms with Gasteiger partial charge in [0.05, 0.1) is 6.10 Å². The Morgan fingerprint density at radius 1 is 1.38 bits per heavy atom. The first kappa shape index (κ1) is 12.5. The van der Waals surface area contributed by atoms with Crippen molar-refractivity contribution in [3.63, 3.8) is 0 Å². The molecule has 0 bridgehead atoms. The van der Waals surface area contributed by atoms with E-state index < -0.39 is 6.10 Å². The van der Waals surface area contributed by atoms with E-state index in [-0.39, 0.29) is 12.5 Å². The van der Waals surface area contributed by atoms with Crippen molar-refractivity contribution in [2.24, 2.45) is 0 Å². The van der Waals surface area contributed by atoms with Crippen LogP contribution in [0, 0.1) is 0 Å². The summed E-state index contributed by atoms with van der Waals surface area (Å²) in [6.07, 6.45) is -0.523. The zero-order valence-corrected chi connectivity index (χ0v) is 9.90. The second-order valence-corrected chi connectivity index (χ2v) is 4.00. The molecular weight excluding hydrogens is 204 g/mol. The van der Waals surface area contributed by atoms with E-state index >= 15 is 0 Å². The van der Waals surface area contributed by atoms with Gasteiger partial charge in [-0.15, -0.1) is 0 Å². The van der Waals surface area contributed by atoms with Gasteiger partial charge in [0.15, 0.2) is 0 Å². The lowest BCUT2D eigenvalue weighted by atomic mass is 10.2. The first-order chi connectivity index (χ1) is 7.50. The summed E-state index contributed by atoms with van der Waals surface area (Å²) in [7, 11) is 3.89. The molecule has 0 saturated carbocycles. The van der Waals surface area contributed by atoms with Crippen molar-refractivity contribution in [3.8, 4) is 0 Å². The Morgan fingerprint density at radius 3 is 2.38 bits per heavy atom. The van der Waals surface area contributed by atoms with Crippen molar-refractivity contribution < 1.29 is 9.90 Å². The third-order valence-electron chi connectivity index (χ3n) is 2.20. The molecule has 1 aromatic rings. The molecule has 1 atom stereocenters. The normalized spacial score (nSPS) is 12.0. The van der Waals surface area contributed by atoms with Crippen LogP contribution in [-0.4, -0.2) is 37.8 Å². The van der Waals surface area contributed by atoms with E-state index in [2.05, 4.69) is 5.32 Å². The number of benzene rings is 1. The van der Waals surface area contributed by atoms with Crippen LogP contribution in [0.15, 0.2) is 24.3 Å². The molecule has 1 amide bonds. The third-order valence-corrected chi connectivity index (χ3v) is 2.20. The quantitative estimate of drug-likeness (QED) is 0.794. The van der Waals surface area contributed by atoms with Gasteiger partial charge in [-0.1, -0.05) is 0 Å². The smallest absolute Gasteiger partial charge is 0.251 e.